The van der Waals surface area contributed by atoms with Crippen molar-refractivity contribution in [3.05, 3.63) is 27.8 Å². The van der Waals surface area contributed by atoms with Gasteiger partial charge in [-0.15, -0.1) is 0 Å². The number of rotatable bonds is 6. The number of nitrogens with zero attached hydrogens (tertiary/aromatic N) is 3. The van der Waals surface area contributed by atoms with E-state index in [1.807, 2.05) is 20.8 Å². The number of hydrogen-bond acceptors (Lipinski definition) is 6. The molecule has 1 aromatic rings. The maximum Gasteiger partial charge on any atom is 0.407 e. The van der Waals surface area contributed by atoms with E-state index in [1.54, 1.807) is 0 Å². The fourth-order valence-corrected chi connectivity index (χ4v) is 6.03. The Balaban J connectivity index is 1.44. The summed E-state index contributed by atoms with van der Waals surface area (Å²) in [5, 5.41) is 5.93. The quantitative estimate of drug-likeness (QED) is 0.513. The molecule has 3 aliphatic rings. The predicted octanol–water partition coefficient (Wildman–Crippen LogP) is 5.14. The lowest BCUT2D eigenvalue weighted by Gasteiger charge is -2.39. The third-order valence-corrected chi connectivity index (χ3v) is 7.88. The van der Waals surface area contributed by atoms with Crippen LogP contribution >= 0.6 is 0 Å². The van der Waals surface area contributed by atoms with Gasteiger partial charge in [-0.25, -0.2) is 9.78 Å². The lowest BCUT2D eigenvalue weighted by Crippen LogP contribution is -2.44. The molecule has 1 saturated heterocycles. The summed E-state index contributed by atoms with van der Waals surface area (Å²) in [5.41, 5.74) is 1.38. The maximum absolute atomic E-state index is 13.7. The van der Waals surface area contributed by atoms with E-state index < -0.39 is 11.7 Å². The number of carbonyl (C=O) groups is 1. The van der Waals surface area contributed by atoms with Crippen molar-refractivity contribution in [3.63, 3.8) is 0 Å². The van der Waals surface area contributed by atoms with Gasteiger partial charge in [-0.2, -0.15) is 0 Å². The number of anilines is 1. The van der Waals surface area contributed by atoms with Crippen LogP contribution in [-0.4, -0.2) is 58.4 Å². The van der Waals surface area contributed by atoms with Gasteiger partial charge in [0.15, 0.2) is 5.82 Å². The maximum atomic E-state index is 13.7. The summed E-state index contributed by atoms with van der Waals surface area (Å²) >= 11 is 0. The highest BCUT2D eigenvalue weighted by molar-refractivity contribution is 5.67. The molecule has 0 spiro atoms. The van der Waals surface area contributed by atoms with E-state index in [4.69, 9.17) is 9.72 Å². The van der Waals surface area contributed by atoms with E-state index in [9.17, 15) is 9.59 Å². The van der Waals surface area contributed by atoms with Crippen LogP contribution in [0.15, 0.2) is 10.9 Å². The second kappa shape index (κ2) is 12.5. The number of ether oxygens (including phenoxy) is 1. The van der Waals surface area contributed by atoms with Crippen LogP contribution in [0.3, 0.4) is 0 Å². The van der Waals surface area contributed by atoms with E-state index in [2.05, 4.69) is 39.2 Å². The summed E-state index contributed by atoms with van der Waals surface area (Å²) in [4.78, 5) is 33.1. The highest BCUT2D eigenvalue weighted by atomic mass is 16.6. The van der Waals surface area contributed by atoms with Gasteiger partial charge >= 0.3 is 6.09 Å². The molecule has 0 radical (unpaired) electrons. The molecule has 2 N–H and O–H groups in total. The topological polar surface area (TPSA) is 88.5 Å². The minimum Gasteiger partial charge on any atom is -0.444 e. The number of hydrogen-bond donors (Lipinski definition) is 2. The molecule has 8 heteroatoms. The average molecular weight is 514 g/mol. The third kappa shape index (κ3) is 7.59. The van der Waals surface area contributed by atoms with Crippen molar-refractivity contribution >= 4 is 18.0 Å². The Morgan fingerprint density at radius 3 is 2.38 bits per heavy atom. The van der Waals surface area contributed by atoms with Crippen LogP contribution in [0.1, 0.15) is 103 Å². The van der Waals surface area contributed by atoms with Crippen LogP contribution in [0.4, 0.5) is 10.6 Å². The van der Waals surface area contributed by atoms with E-state index in [-0.39, 0.29) is 11.6 Å². The van der Waals surface area contributed by atoms with Crippen molar-refractivity contribution in [1.82, 2.24) is 19.8 Å². The molecule has 1 aliphatic heterocycles. The van der Waals surface area contributed by atoms with Gasteiger partial charge in [-0.05, 0) is 64.9 Å². The summed E-state index contributed by atoms with van der Waals surface area (Å²) in [6.45, 7) is 10.6. The smallest absolute Gasteiger partial charge is 0.407 e. The van der Waals surface area contributed by atoms with Crippen LogP contribution in [-0.2, 0) is 11.2 Å². The van der Waals surface area contributed by atoms with E-state index in [1.165, 1.54) is 44.9 Å². The zero-order chi connectivity index (χ0) is 26.4. The molecular weight excluding hydrogens is 466 g/mol. The SMILES string of the molecule is CC1C=Cc2nc(NCCNC(=O)OC(C)(C)C)c(=O)n(C3CCN(C4CCCCCCC4)CC3)c2C1. The van der Waals surface area contributed by atoms with Crippen LogP contribution in [0.25, 0.3) is 6.08 Å². The Hall–Kier alpha value is -2.35. The van der Waals surface area contributed by atoms with Gasteiger partial charge in [-0.1, -0.05) is 45.1 Å². The number of carbonyl (C=O) groups excluding carboxylic acids is 1. The Morgan fingerprint density at radius 2 is 1.70 bits per heavy atom. The number of amides is 1. The summed E-state index contributed by atoms with van der Waals surface area (Å²) in [7, 11) is 0. The van der Waals surface area contributed by atoms with Gasteiger partial charge in [0.25, 0.3) is 5.56 Å². The predicted molar refractivity (Wildman–Crippen MR) is 149 cm³/mol. The molecule has 2 fully saturated rings. The minimum absolute atomic E-state index is 0.0390. The van der Waals surface area contributed by atoms with Crippen molar-refractivity contribution in [1.29, 1.82) is 0 Å². The van der Waals surface area contributed by atoms with Crippen molar-refractivity contribution in [2.24, 2.45) is 5.92 Å². The number of aromatic nitrogens is 2. The molecular formula is C29H47N5O3. The average Bonchev–Trinajstić information content (AvgIpc) is 2.81. The molecule has 1 unspecified atom stereocenters. The van der Waals surface area contributed by atoms with Crippen molar-refractivity contribution < 1.29 is 9.53 Å². The number of nitrogens with one attached hydrogen (secondary N) is 2. The molecule has 206 valence electrons. The first-order valence-electron chi connectivity index (χ1n) is 14.5. The fourth-order valence-electron chi connectivity index (χ4n) is 6.03. The van der Waals surface area contributed by atoms with Gasteiger partial charge in [-0.3, -0.25) is 4.79 Å². The molecule has 2 heterocycles. The van der Waals surface area contributed by atoms with Gasteiger partial charge in [0.2, 0.25) is 0 Å². The van der Waals surface area contributed by atoms with Crippen LogP contribution in [0.2, 0.25) is 0 Å². The number of likely N-dealkylation sites (tertiary alicyclic amines) is 1. The molecule has 4 rings (SSSR count). The Labute approximate surface area is 222 Å². The van der Waals surface area contributed by atoms with E-state index >= 15 is 0 Å². The molecule has 0 bridgehead atoms. The largest absolute Gasteiger partial charge is 0.444 e. The van der Waals surface area contributed by atoms with E-state index in [0.717, 1.165) is 43.7 Å². The second-order valence-electron chi connectivity index (χ2n) is 12.1. The highest BCUT2D eigenvalue weighted by Crippen LogP contribution is 2.31. The van der Waals surface area contributed by atoms with Crippen LogP contribution < -0.4 is 16.2 Å². The lowest BCUT2D eigenvalue weighted by atomic mass is 9.92. The number of allylic oxidation sites excluding steroid dienone is 1. The molecule has 1 amide bonds. The monoisotopic (exact) mass is 513 g/mol. The normalized spacial score (nSPS) is 22.1. The van der Waals surface area contributed by atoms with Crippen LogP contribution in [0.5, 0.6) is 0 Å². The molecule has 2 aliphatic carbocycles. The Morgan fingerprint density at radius 1 is 1.03 bits per heavy atom. The van der Waals surface area contributed by atoms with Crippen molar-refractivity contribution in [3.8, 4) is 0 Å². The minimum atomic E-state index is -0.542. The van der Waals surface area contributed by atoms with Gasteiger partial charge in [0, 0.05) is 44.0 Å². The Kier molecular flexibility index (Phi) is 9.32. The molecule has 1 aromatic heterocycles. The third-order valence-electron chi connectivity index (χ3n) is 7.88. The van der Waals surface area contributed by atoms with Crippen LogP contribution in [0, 0.1) is 5.92 Å². The molecule has 1 atom stereocenters. The van der Waals surface area contributed by atoms with Gasteiger partial charge in [0.1, 0.15) is 5.60 Å². The molecule has 0 aromatic carbocycles. The molecule has 8 nitrogen and oxygen atoms in total. The first-order chi connectivity index (χ1) is 17.7. The fraction of sp³-hybridized carbons (Fsp3) is 0.759. The number of fused-ring (bicyclic) bond motifs is 1. The van der Waals surface area contributed by atoms with Crippen molar-refractivity contribution in [2.75, 3.05) is 31.5 Å². The number of piperidine rings is 1. The summed E-state index contributed by atoms with van der Waals surface area (Å²) in [6, 6.07) is 0.912. The first-order valence-corrected chi connectivity index (χ1v) is 14.5. The van der Waals surface area contributed by atoms with Crippen molar-refractivity contribution in [2.45, 2.75) is 110 Å². The summed E-state index contributed by atoms with van der Waals surface area (Å²) < 4.78 is 7.35. The summed E-state index contributed by atoms with van der Waals surface area (Å²) in [5.74, 6) is 0.762. The zero-order valence-corrected chi connectivity index (χ0v) is 23.4. The zero-order valence-electron chi connectivity index (χ0n) is 23.4. The molecule has 37 heavy (non-hydrogen) atoms. The number of alkyl carbamates (subject to hydrolysis) is 1. The summed E-state index contributed by atoms with van der Waals surface area (Å²) in [6.07, 6.45) is 16.1. The first kappa shape index (κ1) is 27.7. The standard InChI is InChI=1S/C29H47N5O3/c1-21-12-13-24-25(20-21)34(23-14-18-33(19-15-23)22-10-8-6-5-7-9-11-22)27(35)26(32-24)30-16-17-31-28(36)37-29(2,3)4/h12-13,21-23H,5-11,14-20H2,1-4H3,(H,30,32)(H,31,36). The van der Waals surface area contributed by atoms with Gasteiger partial charge in [0.05, 0.1) is 5.69 Å². The lowest BCUT2D eigenvalue weighted by molar-refractivity contribution is 0.0530. The van der Waals surface area contributed by atoms with E-state index in [0.29, 0.717) is 30.9 Å². The molecule has 1 saturated carbocycles. The highest BCUT2D eigenvalue weighted by Gasteiger charge is 2.30. The second-order valence-corrected chi connectivity index (χ2v) is 12.1. The van der Waals surface area contributed by atoms with Gasteiger partial charge < -0.3 is 24.8 Å². The Bertz CT molecular complexity index is 996.